The third kappa shape index (κ3) is 5.93. The van der Waals surface area contributed by atoms with Crippen LogP contribution in [0.4, 0.5) is 0 Å². The van der Waals surface area contributed by atoms with Crippen LogP contribution < -0.4 is 5.32 Å². The first-order valence-electron chi connectivity index (χ1n) is 12.4. The van der Waals surface area contributed by atoms with Crippen LogP contribution in [0.15, 0.2) is 36.4 Å². The molecule has 34 heavy (non-hydrogen) atoms. The third-order valence-corrected chi connectivity index (χ3v) is 6.69. The molecular weight excluding hydrogens is 430 g/mol. The number of amides is 4. The van der Waals surface area contributed by atoms with Gasteiger partial charge >= 0.3 is 0 Å². The van der Waals surface area contributed by atoms with Crippen LogP contribution in [0.5, 0.6) is 0 Å². The molecule has 0 unspecified atom stereocenters. The maximum atomic E-state index is 13.4. The highest BCUT2D eigenvalue weighted by molar-refractivity contribution is 6.05. The summed E-state index contributed by atoms with van der Waals surface area (Å²) in [4.78, 5) is 54.8. The summed E-state index contributed by atoms with van der Waals surface area (Å²) in [5.41, 5.74) is 2.05. The van der Waals surface area contributed by atoms with Crippen LogP contribution in [0.3, 0.4) is 0 Å². The Balaban J connectivity index is 1.74. The molecule has 0 radical (unpaired) electrons. The summed E-state index contributed by atoms with van der Waals surface area (Å²) in [7, 11) is 0. The van der Waals surface area contributed by atoms with E-state index < -0.39 is 6.04 Å². The van der Waals surface area contributed by atoms with Crippen LogP contribution in [0, 0.1) is 24.7 Å². The maximum absolute atomic E-state index is 13.4. The predicted molar refractivity (Wildman–Crippen MR) is 130 cm³/mol. The maximum Gasteiger partial charge on any atom is 0.242 e. The SMILES string of the molecule is CC[C@H](C(=O)NCC(C)C)N(Cc1ccc(C)cc1)C(=O)CCN1C(=O)[C@H]2CC=CC[C@H]2C1=O. The highest BCUT2D eigenvalue weighted by Crippen LogP contribution is 2.35. The van der Waals surface area contributed by atoms with Crippen LogP contribution in [0.1, 0.15) is 57.6 Å². The summed E-state index contributed by atoms with van der Waals surface area (Å²) in [5.74, 6) is -1.09. The number of fused-ring (bicyclic) bond motifs is 1. The molecule has 1 aromatic rings. The fraction of sp³-hybridized carbons (Fsp3) is 0.556. The number of rotatable bonds is 10. The van der Waals surface area contributed by atoms with E-state index in [1.807, 2.05) is 64.1 Å². The summed E-state index contributed by atoms with van der Waals surface area (Å²) in [6, 6.07) is 7.26. The number of likely N-dealkylation sites (tertiary alicyclic amines) is 1. The Bertz CT molecular complexity index is 912. The Kier molecular flexibility index (Phi) is 8.64. The second-order valence-corrected chi connectivity index (χ2v) is 9.80. The molecule has 7 heteroatoms. The number of hydrogen-bond donors (Lipinski definition) is 1. The van der Waals surface area contributed by atoms with Gasteiger partial charge in [0, 0.05) is 26.1 Å². The largest absolute Gasteiger partial charge is 0.354 e. The monoisotopic (exact) mass is 467 g/mol. The highest BCUT2D eigenvalue weighted by atomic mass is 16.2. The van der Waals surface area contributed by atoms with Crippen LogP contribution in [0.2, 0.25) is 0 Å². The van der Waals surface area contributed by atoms with Crippen LogP contribution in [0.25, 0.3) is 0 Å². The van der Waals surface area contributed by atoms with Crippen LogP contribution in [-0.4, -0.2) is 52.6 Å². The normalized spacial score (nSPS) is 20.4. The van der Waals surface area contributed by atoms with Gasteiger partial charge in [-0.15, -0.1) is 0 Å². The predicted octanol–water partition coefficient (Wildman–Crippen LogP) is 3.22. The molecule has 1 fully saturated rings. The Morgan fingerprint density at radius 1 is 1.06 bits per heavy atom. The zero-order valence-electron chi connectivity index (χ0n) is 20.8. The number of hydrogen-bond acceptors (Lipinski definition) is 4. The number of nitrogens with zero attached hydrogens (tertiary/aromatic N) is 2. The Morgan fingerprint density at radius 3 is 2.18 bits per heavy atom. The first-order valence-corrected chi connectivity index (χ1v) is 12.4. The van der Waals surface area contributed by atoms with Gasteiger partial charge in [-0.3, -0.25) is 24.1 Å². The zero-order valence-corrected chi connectivity index (χ0v) is 20.8. The van der Waals surface area contributed by atoms with E-state index in [1.165, 1.54) is 4.90 Å². The van der Waals surface area contributed by atoms with E-state index in [0.29, 0.717) is 38.3 Å². The Labute approximate surface area is 202 Å². The molecule has 184 valence electrons. The van der Waals surface area contributed by atoms with Crippen molar-refractivity contribution in [1.82, 2.24) is 15.1 Å². The van der Waals surface area contributed by atoms with Crippen molar-refractivity contribution in [2.45, 2.75) is 66.0 Å². The molecule has 1 heterocycles. The molecule has 7 nitrogen and oxygen atoms in total. The molecule has 4 amide bonds. The molecule has 3 rings (SSSR count). The molecule has 0 aromatic heterocycles. The molecule has 1 N–H and O–H groups in total. The molecule has 2 aliphatic rings. The minimum Gasteiger partial charge on any atom is -0.354 e. The average Bonchev–Trinajstić information content (AvgIpc) is 3.07. The molecule has 1 aliphatic heterocycles. The lowest BCUT2D eigenvalue weighted by molar-refractivity contribution is -0.144. The molecule has 0 bridgehead atoms. The molecular formula is C27H37N3O4. The van der Waals surface area contributed by atoms with Gasteiger partial charge in [0.1, 0.15) is 6.04 Å². The molecule has 1 aliphatic carbocycles. The minimum atomic E-state index is -0.621. The zero-order chi connectivity index (χ0) is 24.8. The summed E-state index contributed by atoms with van der Waals surface area (Å²) >= 11 is 0. The molecule has 0 spiro atoms. The van der Waals surface area contributed by atoms with Crippen molar-refractivity contribution in [1.29, 1.82) is 0 Å². The van der Waals surface area contributed by atoms with Gasteiger partial charge in [0.05, 0.1) is 11.8 Å². The lowest BCUT2D eigenvalue weighted by Crippen LogP contribution is -2.50. The van der Waals surface area contributed by atoms with E-state index in [4.69, 9.17) is 0 Å². The van der Waals surface area contributed by atoms with Gasteiger partial charge in [-0.1, -0.05) is 62.8 Å². The number of imide groups is 1. The van der Waals surface area contributed by atoms with E-state index in [2.05, 4.69) is 5.32 Å². The van der Waals surface area contributed by atoms with Gasteiger partial charge in [0.15, 0.2) is 0 Å². The van der Waals surface area contributed by atoms with E-state index in [9.17, 15) is 19.2 Å². The lowest BCUT2D eigenvalue weighted by Gasteiger charge is -2.31. The van der Waals surface area contributed by atoms with E-state index in [0.717, 1.165) is 11.1 Å². The fourth-order valence-electron chi connectivity index (χ4n) is 4.67. The Morgan fingerprint density at radius 2 is 1.65 bits per heavy atom. The average molecular weight is 468 g/mol. The number of nitrogens with one attached hydrogen (secondary N) is 1. The van der Waals surface area contributed by atoms with Gasteiger partial charge in [-0.2, -0.15) is 0 Å². The van der Waals surface area contributed by atoms with Gasteiger partial charge < -0.3 is 10.2 Å². The van der Waals surface area contributed by atoms with Gasteiger partial charge in [0.2, 0.25) is 23.6 Å². The van der Waals surface area contributed by atoms with Crippen molar-refractivity contribution < 1.29 is 19.2 Å². The van der Waals surface area contributed by atoms with Crippen LogP contribution in [-0.2, 0) is 25.7 Å². The highest BCUT2D eigenvalue weighted by Gasteiger charge is 2.47. The lowest BCUT2D eigenvalue weighted by atomic mass is 9.85. The second kappa shape index (κ2) is 11.4. The first kappa shape index (κ1) is 25.7. The third-order valence-electron chi connectivity index (χ3n) is 6.69. The number of aryl methyl sites for hydroxylation is 1. The van der Waals surface area contributed by atoms with E-state index >= 15 is 0 Å². The van der Waals surface area contributed by atoms with Crippen molar-refractivity contribution in [3.63, 3.8) is 0 Å². The molecule has 1 saturated heterocycles. The fourth-order valence-corrected chi connectivity index (χ4v) is 4.67. The van der Waals surface area contributed by atoms with Crippen molar-refractivity contribution >= 4 is 23.6 Å². The number of carbonyl (C=O) groups is 4. The van der Waals surface area contributed by atoms with Gasteiger partial charge in [0.25, 0.3) is 0 Å². The number of carbonyl (C=O) groups excluding carboxylic acids is 4. The van der Waals surface area contributed by atoms with Crippen LogP contribution >= 0.6 is 0 Å². The molecule has 3 atom stereocenters. The Hall–Kier alpha value is -2.96. The van der Waals surface area contributed by atoms with Crippen molar-refractivity contribution in [3.8, 4) is 0 Å². The number of allylic oxidation sites excluding steroid dienone is 2. The van der Waals surface area contributed by atoms with E-state index in [-0.39, 0.29) is 48.4 Å². The summed E-state index contributed by atoms with van der Waals surface area (Å²) in [5, 5.41) is 2.95. The van der Waals surface area contributed by atoms with E-state index in [1.54, 1.807) is 4.90 Å². The molecule has 0 saturated carbocycles. The summed E-state index contributed by atoms with van der Waals surface area (Å²) < 4.78 is 0. The molecule has 1 aromatic carbocycles. The van der Waals surface area contributed by atoms with Gasteiger partial charge in [-0.25, -0.2) is 0 Å². The second-order valence-electron chi connectivity index (χ2n) is 9.80. The summed E-state index contributed by atoms with van der Waals surface area (Å²) in [6.07, 6.45) is 5.53. The smallest absolute Gasteiger partial charge is 0.242 e. The minimum absolute atomic E-state index is 0.00414. The topological polar surface area (TPSA) is 86.8 Å². The van der Waals surface area contributed by atoms with Gasteiger partial charge in [-0.05, 0) is 37.7 Å². The number of benzene rings is 1. The first-order chi connectivity index (χ1) is 16.2. The summed E-state index contributed by atoms with van der Waals surface area (Å²) in [6.45, 7) is 8.82. The van der Waals surface area contributed by atoms with Crippen molar-refractivity contribution in [2.24, 2.45) is 17.8 Å². The standard InChI is InChI=1S/C27H37N3O4/c1-5-23(25(32)28-16-18(2)3)30(17-20-12-10-19(4)11-13-20)24(31)14-15-29-26(33)21-8-6-7-9-22(21)27(29)34/h6-7,10-13,18,21-23H,5,8-9,14-17H2,1-4H3,(H,28,32)/t21-,22+,23-/m1/s1. The quantitative estimate of drug-likeness (QED) is 0.423. The van der Waals surface area contributed by atoms with Crippen molar-refractivity contribution in [2.75, 3.05) is 13.1 Å². The van der Waals surface area contributed by atoms with Crippen molar-refractivity contribution in [3.05, 3.63) is 47.5 Å².